The van der Waals surface area contributed by atoms with Crippen LogP contribution in [0.3, 0.4) is 0 Å². The summed E-state index contributed by atoms with van der Waals surface area (Å²) in [6.45, 7) is 1.01. The van der Waals surface area contributed by atoms with Crippen molar-refractivity contribution in [2.75, 3.05) is 52.2 Å². The van der Waals surface area contributed by atoms with Gasteiger partial charge in [0.15, 0.2) is 11.5 Å². The van der Waals surface area contributed by atoms with Crippen molar-refractivity contribution in [2.24, 2.45) is 0 Å². The summed E-state index contributed by atoms with van der Waals surface area (Å²) in [6.07, 6.45) is 4.33. The second-order valence-electron chi connectivity index (χ2n) is 8.28. The van der Waals surface area contributed by atoms with Crippen molar-refractivity contribution in [2.45, 2.75) is 12.8 Å². The van der Waals surface area contributed by atoms with Gasteiger partial charge in [0, 0.05) is 36.0 Å². The number of rotatable bonds is 12. The van der Waals surface area contributed by atoms with E-state index >= 15 is 0 Å². The fourth-order valence-corrected chi connectivity index (χ4v) is 3.14. The van der Waals surface area contributed by atoms with Gasteiger partial charge < -0.3 is 19.3 Å². The molecule has 0 aliphatic carbocycles. The number of benzene rings is 2. The quantitative estimate of drug-likeness (QED) is 0.108. The number of hydrogen-bond acceptors (Lipinski definition) is 17. The Bertz CT molecular complexity index is 1540. The zero-order valence-corrected chi connectivity index (χ0v) is 26.5. The summed E-state index contributed by atoms with van der Waals surface area (Å²) >= 11 is 0. The van der Waals surface area contributed by atoms with Gasteiger partial charge in [-0.05, 0) is 25.0 Å². The molecule has 1 N–H and O–H groups in total. The van der Waals surface area contributed by atoms with E-state index < -0.39 is 55.9 Å². The van der Waals surface area contributed by atoms with Crippen LogP contribution in [0.2, 0.25) is 0 Å². The number of ether oxygens (including phenoxy) is 3. The fraction of sp³-hybridized carbons (Fsp3) is 0.455. The number of hydrogen-bond donors (Lipinski definition) is 1. The molecule has 46 heavy (non-hydrogen) atoms. The Labute approximate surface area is 265 Å². The minimum atomic E-state index is -3.63. The third-order valence-electron chi connectivity index (χ3n) is 4.51. The maximum absolute atomic E-state index is 10.8. The smallest absolute Gasteiger partial charge is 0.317 e. The number of aliphatic hydroxyl groups is 1. The molecule has 1 aliphatic heterocycles. The van der Waals surface area contributed by atoms with Crippen molar-refractivity contribution in [1.29, 1.82) is 0 Å². The lowest BCUT2D eigenvalue weighted by atomic mass is 10.2. The number of nitro benzene ring substituents is 4. The Balaban J connectivity index is 0.000000685. The van der Waals surface area contributed by atoms with Crippen LogP contribution in [0.1, 0.15) is 12.8 Å². The summed E-state index contributed by atoms with van der Waals surface area (Å²) in [4.78, 5) is 39.2. The lowest BCUT2D eigenvalue weighted by molar-refractivity contribution is -0.395. The van der Waals surface area contributed by atoms with E-state index in [-0.39, 0.29) is 43.6 Å². The van der Waals surface area contributed by atoms with Gasteiger partial charge in [-0.3, -0.25) is 44.6 Å². The van der Waals surface area contributed by atoms with Crippen LogP contribution in [0.15, 0.2) is 36.4 Å². The van der Waals surface area contributed by atoms with Crippen LogP contribution in [0.4, 0.5) is 22.7 Å². The summed E-state index contributed by atoms with van der Waals surface area (Å²) in [5, 5.41) is 50.8. The monoisotopic (exact) mass is 720 g/mol. The van der Waals surface area contributed by atoms with Crippen molar-refractivity contribution < 1.29 is 60.0 Å². The average Bonchev–Trinajstić information content (AvgIpc) is 3.53. The maximum atomic E-state index is 10.8. The topological polar surface area (TPSA) is 298 Å². The highest BCUT2D eigenvalue weighted by Crippen LogP contribution is 2.31. The van der Waals surface area contributed by atoms with Gasteiger partial charge in [-0.2, -0.15) is 8.42 Å². The summed E-state index contributed by atoms with van der Waals surface area (Å²) < 4.78 is 59.3. The molecular formula is C22H29ClN4O17S2. The molecule has 1 aliphatic rings. The van der Waals surface area contributed by atoms with Crippen molar-refractivity contribution >= 4 is 52.6 Å². The SMILES string of the molecule is C1CCOC1.CS(=O)(=O)Cl.CS(=O)(=O)OCCOc1ccc([N+](=O)[O-])cc1[N+](=O)[O-].O=[N+]([O-])c1ccc(OCCO)c([N+](=O)[O-])c1. The summed E-state index contributed by atoms with van der Waals surface area (Å²) in [5.74, 6) is -0.317. The molecule has 2 aromatic carbocycles. The highest BCUT2D eigenvalue weighted by atomic mass is 35.7. The standard InChI is InChI=1S/C9H10N2O8S.C8H8N2O6.C4H8O.CH3ClO2S/c1-20(16,17)19-5-4-18-9-3-2-7(10(12)13)6-8(9)11(14)15;11-3-4-16-8-2-1-6(9(12)13)5-7(8)10(14)15;1-2-4-5-3-1;1-5(2,3)4/h2-3,6H,4-5H2,1H3;1-2,5,11H,3-4H2;1-4H2;1H3. The van der Waals surface area contributed by atoms with Gasteiger partial charge in [-0.25, -0.2) is 8.42 Å². The van der Waals surface area contributed by atoms with Gasteiger partial charge in [0.05, 0.1) is 50.9 Å². The predicted octanol–water partition coefficient (Wildman–Crippen LogP) is 2.71. The first-order valence-electron chi connectivity index (χ1n) is 12.3. The highest BCUT2D eigenvalue weighted by molar-refractivity contribution is 8.13. The van der Waals surface area contributed by atoms with Crippen molar-refractivity contribution in [3.8, 4) is 11.5 Å². The Morgan fingerprint density at radius 1 is 0.739 bits per heavy atom. The Kier molecular flexibility index (Phi) is 18.8. The first-order valence-corrected chi connectivity index (χ1v) is 16.8. The second kappa shape index (κ2) is 20.7. The molecule has 21 nitrogen and oxygen atoms in total. The van der Waals surface area contributed by atoms with Crippen molar-refractivity contribution in [1.82, 2.24) is 0 Å². The van der Waals surface area contributed by atoms with Crippen LogP contribution in [-0.4, -0.2) is 93.8 Å². The molecule has 2 aromatic rings. The molecule has 0 amide bonds. The summed E-state index contributed by atoms with van der Waals surface area (Å²) in [5.41, 5.74) is -1.92. The molecule has 0 atom stereocenters. The Morgan fingerprint density at radius 2 is 1.13 bits per heavy atom. The molecule has 24 heteroatoms. The molecule has 0 unspecified atom stereocenters. The zero-order chi connectivity index (χ0) is 35.5. The largest absolute Gasteiger partial charge is 0.484 e. The minimum Gasteiger partial charge on any atom is -0.484 e. The molecule has 0 radical (unpaired) electrons. The first kappa shape index (κ1) is 41.7. The maximum Gasteiger partial charge on any atom is 0.317 e. The number of aliphatic hydroxyl groups excluding tert-OH is 1. The van der Waals surface area contributed by atoms with Crippen LogP contribution < -0.4 is 9.47 Å². The van der Waals surface area contributed by atoms with Crippen molar-refractivity contribution in [3.63, 3.8) is 0 Å². The van der Waals surface area contributed by atoms with Gasteiger partial charge in [-0.15, -0.1) is 0 Å². The highest BCUT2D eigenvalue weighted by Gasteiger charge is 2.21. The zero-order valence-electron chi connectivity index (χ0n) is 24.1. The first-order chi connectivity index (χ1) is 21.3. The van der Waals surface area contributed by atoms with E-state index in [9.17, 15) is 57.3 Å². The third-order valence-corrected chi connectivity index (χ3v) is 5.11. The fourth-order valence-electron chi connectivity index (χ4n) is 2.77. The van der Waals surface area contributed by atoms with Crippen LogP contribution in [0, 0.1) is 40.5 Å². The molecule has 0 aromatic heterocycles. The number of nitrogens with zero attached hydrogens (tertiary/aromatic N) is 4. The molecule has 0 saturated carbocycles. The lowest BCUT2D eigenvalue weighted by Crippen LogP contribution is -2.11. The van der Waals surface area contributed by atoms with Gasteiger partial charge in [0.1, 0.15) is 19.8 Å². The molecule has 0 spiro atoms. The van der Waals surface area contributed by atoms with Crippen LogP contribution >= 0.6 is 10.7 Å². The van der Waals surface area contributed by atoms with E-state index in [0.717, 1.165) is 62.1 Å². The lowest BCUT2D eigenvalue weighted by Gasteiger charge is -2.06. The molecule has 3 rings (SSSR count). The van der Waals surface area contributed by atoms with E-state index in [0.29, 0.717) is 0 Å². The van der Waals surface area contributed by atoms with Crippen molar-refractivity contribution in [3.05, 3.63) is 76.9 Å². The third kappa shape index (κ3) is 19.9. The predicted molar refractivity (Wildman–Crippen MR) is 159 cm³/mol. The number of non-ortho nitro benzene ring substituents is 2. The average molecular weight is 721 g/mol. The van der Waals surface area contributed by atoms with Crippen LogP contribution in [0.25, 0.3) is 0 Å². The van der Waals surface area contributed by atoms with E-state index in [1.54, 1.807) is 0 Å². The van der Waals surface area contributed by atoms with E-state index in [1.165, 1.54) is 12.8 Å². The van der Waals surface area contributed by atoms with Gasteiger partial charge in [-0.1, -0.05) is 0 Å². The minimum absolute atomic E-state index is 0.107. The summed E-state index contributed by atoms with van der Waals surface area (Å²) in [7, 11) is -2.32. The van der Waals surface area contributed by atoms with Gasteiger partial charge in [0.2, 0.25) is 9.05 Å². The van der Waals surface area contributed by atoms with Gasteiger partial charge >= 0.3 is 11.4 Å². The van der Waals surface area contributed by atoms with E-state index in [1.807, 2.05) is 0 Å². The molecule has 1 fully saturated rings. The molecule has 0 bridgehead atoms. The van der Waals surface area contributed by atoms with Crippen LogP contribution in [-0.2, 0) is 28.1 Å². The molecule has 258 valence electrons. The Morgan fingerprint density at radius 3 is 1.41 bits per heavy atom. The van der Waals surface area contributed by atoms with E-state index in [2.05, 4.69) is 14.9 Å². The molecule has 1 saturated heterocycles. The second-order valence-corrected chi connectivity index (χ2v) is 13.0. The van der Waals surface area contributed by atoms with Gasteiger partial charge in [0.25, 0.3) is 21.5 Å². The van der Waals surface area contributed by atoms with Crippen LogP contribution in [0.5, 0.6) is 11.5 Å². The number of nitro groups is 4. The Hall–Kier alpha value is -4.29. The summed E-state index contributed by atoms with van der Waals surface area (Å²) in [6, 6.07) is 5.90. The molecular weight excluding hydrogens is 692 g/mol. The van der Waals surface area contributed by atoms with E-state index in [4.69, 9.17) is 19.3 Å². The molecule has 1 heterocycles. The normalized spacial score (nSPS) is 12.1. The number of halogens is 1.